The van der Waals surface area contributed by atoms with Crippen molar-refractivity contribution in [2.75, 3.05) is 0 Å². The van der Waals surface area contributed by atoms with Crippen LogP contribution in [0.15, 0.2) is 12.1 Å². The van der Waals surface area contributed by atoms with Gasteiger partial charge in [-0.05, 0) is 30.9 Å². The van der Waals surface area contributed by atoms with Gasteiger partial charge in [0.1, 0.15) is 0 Å². The Hall–Kier alpha value is -0.630. The average molecular weight is 259 g/mol. The Morgan fingerprint density at radius 2 is 1.76 bits per heavy atom. The van der Waals surface area contributed by atoms with E-state index in [-0.39, 0.29) is 11.3 Å². The Morgan fingerprint density at radius 1 is 1.06 bits per heavy atom. The maximum atomic E-state index is 13.9. The van der Waals surface area contributed by atoms with Gasteiger partial charge in [0, 0.05) is 11.3 Å². The van der Waals surface area contributed by atoms with Gasteiger partial charge in [0.15, 0.2) is 11.6 Å². The van der Waals surface area contributed by atoms with Crippen LogP contribution in [0.1, 0.15) is 49.1 Å². The molecule has 2 atom stereocenters. The van der Waals surface area contributed by atoms with Crippen LogP contribution < -0.4 is 0 Å². The Bertz CT molecular complexity index is 403. The van der Waals surface area contributed by atoms with Crippen molar-refractivity contribution in [2.24, 2.45) is 0 Å². The summed E-state index contributed by atoms with van der Waals surface area (Å²) in [5.74, 6) is -1.48. The highest BCUT2D eigenvalue weighted by Crippen LogP contribution is 2.37. The number of benzene rings is 1. The third kappa shape index (κ3) is 2.62. The first-order valence-electron chi connectivity index (χ1n) is 6.20. The van der Waals surface area contributed by atoms with Gasteiger partial charge in [0.25, 0.3) is 0 Å². The van der Waals surface area contributed by atoms with Gasteiger partial charge >= 0.3 is 0 Å². The maximum Gasteiger partial charge on any atom is 0.162 e. The largest absolute Gasteiger partial charge is 0.203 e. The lowest BCUT2D eigenvalue weighted by atomic mass is 9.90. The lowest BCUT2D eigenvalue weighted by Gasteiger charge is -2.21. The molecule has 0 bridgehead atoms. The summed E-state index contributed by atoms with van der Waals surface area (Å²) in [5, 5.41) is -0.0749. The van der Waals surface area contributed by atoms with E-state index in [1.807, 2.05) is 0 Å². The van der Waals surface area contributed by atoms with Crippen molar-refractivity contribution in [3.05, 3.63) is 34.9 Å². The molecular weight excluding hydrogens is 242 g/mol. The molecule has 1 aromatic rings. The van der Waals surface area contributed by atoms with E-state index in [0.29, 0.717) is 11.1 Å². The zero-order chi connectivity index (χ0) is 12.4. The molecule has 0 N–H and O–H groups in total. The van der Waals surface area contributed by atoms with Gasteiger partial charge in [0.05, 0.1) is 0 Å². The molecule has 0 nitrogen and oxygen atoms in total. The van der Waals surface area contributed by atoms with Gasteiger partial charge in [-0.25, -0.2) is 8.78 Å². The van der Waals surface area contributed by atoms with E-state index >= 15 is 0 Å². The monoisotopic (exact) mass is 258 g/mol. The Kier molecular flexibility index (Phi) is 4.03. The third-order valence-corrected chi connectivity index (χ3v) is 4.16. The molecule has 1 fully saturated rings. The number of hydrogen-bond acceptors (Lipinski definition) is 0. The molecule has 1 saturated carbocycles. The van der Waals surface area contributed by atoms with Gasteiger partial charge < -0.3 is 0 Å². The maximum absolute atomic E-state index is 13.9. The molecule has 17 heavy (non-hydrogen) atoms. The van der Waals surface area contributed by atoms with Crippen molar-refractivity contribution >= 4 is 11.6 Å². The summed E-state index contributed by atoms with van der Waals surface area (Å²) in [6, 6.07) is 3.33. The molecule has 0 aromatic heterocycles. The van der Waals surface area contributed by atoms with Gasteiger partial charge in [0.2, 0.25) is 0 Å². The van der Waals surface area contributed by atoms with Crippen LogP contribution in [0.4, 0.5) is 8.78 Å². The Labute approximate surface area is 106 Å². The number of rotatable bonds is 1. The van der Waals surface area contributed by atoms with E-state index in [2.05, 4.69) is 0 Å². The topological polar surface area (TPSA) is 0 Å². The van der Waals surface area contributed by atoms with Crippen molar-refractivity contribution in [3.8, 4) is 0 Å². The fourth-order valence-electron chi connectivity index (χ4n) is 2.56. The molecule has 94 valence electrons. The van der Waals surface area contributed by atoms with Crippen LogP contribution in [-0.4, -0.2) is 5.38 Å². The van der Waals surface area contributed by atoms with Crippen LogP contribution in [0.2, 0.25) is 0 Å². The van der Waals surface area contributed by atoms with Crippen LogP contribution >= 0.6 is 11.6 Å². The number of alkyl halides is 1. The lowest BCUT2D eigenvalue weighted by Crippen LogP contribution is -2.14. The van der Waals surface area contributed by atoms with Crippen LogP contribution in [-0.2, 0) is 0 Å². The van der Waals surface area contributed by atoms with Gasteiger partial charge in [-0.15, -0.1) is 11.6 Å². The molecule has 0 heterocycles. The molecule has 2 unspecified atom stereocenters. The van der Waals surface area contributed by atoms with E-state index in [1.54, 1.807) is 19.1 Å². The molecule has 1 aliphatic carbocycles. The summed E-state index contributed by atoms with van der Waals surface area (Å²) < 4.78 is 27.5. The molecule has 1 aliphatic rings. The first-order chi connectivity index (χ1) is 8.11. The summed E-state index contributed by atoms with van der Waals surface area (Å²) in [4.78, 5) is 0. The molecule has 0 saturated heterocycles. The van der Waals surface area contributed by atoms with E-state index in [4.69, 9.17) is 11.6 Å². The quantitative estimate of drug-likeness (QED) is 0.495. The van der Waals surface area contributed by atoms with Gasteiger partial charge in [-0.2, -0.15) is 0 Å². The SMILES string of the molecule is Cc1ccc(C2CCCCCC2Cl)c(F)c1F. The standard InChI is InChI=1S/C14H17ClF2/c1-9-7-8-11(14(17)13(9)16)10-5-3-2-4-6-12(10)15/h7-8,10,12H,2-6H2,1H3. The number of hydrogen-bond donors (Lipinski definition) is 0. The lowest BCUT2D eigenvalue weighted by molar-refractivity contribution is 0.472. The molecule has 0 spiro atoms. The number of halogens is 3. The van der Waals surface area contributed by atoms with Crippen LogP contribution in [0.5, 0.6) is 0 Å². The summed E-state index contributed by atoms with van der Waals surface area (Å²) in [7, 11) is 0. The molecule has 3 heteroatoms. The molecule has 0 aliphatic heterocycles. The smallest absolute Gasteiger partial charge is 0.162 e. The van der Waals surface area contributed by atoms with Crippen molar-refractivity contribution < 1.29 is 8.78 Å². The van der Waals surface area contributed by atoms with Crippen LogP contribution in [0.3, 0.4) is 0 Å². The number of aryl methyl sites for hydroxylation is 1. The van der Waals surface area contributed by atoms with E-state index < -0.39 is 11.6 Å². The summed E-state index contributed by atoms with van der Waals surface area (Å²) in [5.41, 5.74) is 0.806. The summed E-state index contributed by atoms with van der Waals surface area (Å²) >= 11 is 6.30. The first kappa shape index (κ1) is 12.8. The zero-order valence-corrected chi connectivity index (χ0v) is 10.7. The normalized spacial score (nSPS) is 25.6. The minimum absolute atomic E-state index is 0.0470. The molecular formula is C14H17ClF2. The summed E-state index contributed by atoms with van der Waals surface area (Å²) in [6.07, 6.45) is 5.01. The predicted octanol–water partition coefficient (Wildman–Crippen LogP) is 4.93. The van der Waals surface area contributed by atoms with E-state index in [0.717, 1.165) is 32.1 Å². The Morgan fingerprint density at radius 3 is 2.53 bits per heavy atom. The van der Waals surface area contributed by atoms with E-state index in [1.165, 1.54) is 0 Å². The zero-order valence-electron chi connectivity index (χ0n) is 9.98. The van der Waals surface area contributed by atoms with Crippen molar-refractivity contribution in [1.82, 2.24) is 0 Å². The fraction of sp³-hybridized carbons (Fsp3) is 0.571. The molecule has 0 amide bonds. The predicted molar refractivity (Wildman–Crippen MR) is 66.6 cm³/mol. The minimum atomic E-state index is -0.726. The Balaban J connectivity index is 2.35. The summed E-state index contributed by atoms with van der Waals surface area (Å²) in [6.45, 7) is 1.58. The highest BCUT2D eigenvalue weighted by Gasteiger charge is 2.27. The fourth-order valence-corrected chi connectivity index (χ4v) is 2.98. The second-order valence-corrected chi connectivity index (χ2v) is 5.42. The minimum Gasteiger partial charge on any atom is -0.203 e. The molecule has 2 rings (SSSR count). The highest BCUT2D eigenvalue weighted by molar-refractivity contribution is 6.21. The molecule has 0 radical (unpaired) electrons. The van der Waals surface area contributed by atoms with Crippen LogP contribution in [0.25, 0.3) is 0 Å². The second-order valence-electron chi connectivity index (χ2n) is 4.86. The second kappa shape index (κ2) is 5.34. The van der Waals surface area contributed by atoms with Crippen molar-refractivity contribution in [1.29, 1.82) is 0 Å². The first-order valence-corrected chi connectivity index (χ1v) is 6.63. The van der Waals surface area contributed by atoms with Crippen LogP contribution in [0, 0.1) is 18.6 Å². The van der Waals surface area contributed by atoms with Crippen molar-refractivity contribution in [3.63, 3.8) is 0 Å². The van der Waals surface area contributed by atoms with Gasteiger partial charge in [-0.1, -0.05) is 31.4 Å². The van der Waals surface area contributed by atoms with Crippen molar-refractivity contribution in [2.45, 2.75) is 50.3 Å². The third-order valence-electron chi connectivity index (χ3n) is 3.64. The highest BCUT2D eigenvalue weighted by atomic mass is 35.5. The van der Waals surface area contributed by atoms with Gasteiger partial charge in [-0.3, -0.25) is 0 Å². The average Bonchev–Trinajstić information content (AvgIpc) is 2.52. The van der Waals surface area contributed by atoms with E-state index in [9.17, 15) is 8.78 Å². The molecule has 1 aromatic carbocycles.